The van der Waals surface area contributed by atoms with E-state index in [-0.39, 0.29) is 6.61 Å². The van der Waals surface area contributed by atoms with E-state index in [4.69, 9.17) is 0 Å². The van der Waals surface area contributed by atoms with E-state index in [1.807, 2.05) is 5.32 Å². The van der Waals surface area contributed by atoms with Crippen LogP contribution in [-0.2, 0) is 4.74 Å². The third-order valence-electron chi connectivity index (χ3n) is 3.65. The number of rotatable bonds is 9. The van der Waals surface area contributed by atoms with Crippen molar-refractivity contribution in [1.29, 1.82) is 0 Å². The fourth-order valence-electron chi connectivity index (χ4n) is 1.89. The Balaban J connectivity index is 3.21. The number of hydrogen-bond acceptors (Lipinski definition) is 3. The molecule has 0 fully saturated rings. The van der Waals surface area contributed by atoms with Crippen molar-refractivity contribution >= 4 is 11.8 Å². The molecule has 0 aliphatic rings. The minimum absolute atomic E-state index is 0.0665. The molecule has 0 saturated heterocycles. The van der Waals surface area contributed by atoms with Gasteiger partial charge < -0.3 is 9.47 Å². The van der Waals surface area contributed by atoms with Crippen LogP contribution in [-0.4, -0.2) is 36.6 Å². The SMILES string of the molecule is CCCCOC(=O)Nc1ccccc1OC(F)=C(F)C(F)(F)C(F)(F)C(F)(F)C(F)(F)F. The molecule has 1 amide bonds. The number of allylic oxidation sites excluding steroid dienone is 1. The molecule has 32 heavy (non-hydrogen) atoms. The van der Waals surface area contributed by atoms with Gasteiger partial charge >= 0.3 is 36.1 Å². The molecule has 0 atom stereocenters. The van der Waals surface area contributed by atoms with Gasteiger partial charge in [0.25, 0.3) is 0 Å². The van der Waals surface area contributed by atoms with E-state index >= 15 is 0 Å². The molecular weight excluding hydrogens is 475 g/mol. The van der Waals surface area contributed by atoms with Crippen LogP contribution in [0.15, 0.2) is 36.1 Å². The van der Waals surface area contributed by atoms with Gasteiger partial charge in [0, 0.05) is 0 Å². The molecule has 15 heteroatoms. The van der Waals surface area contributed by atoms with Gasteiger partial charge in [-0.2, -0.15) is 48.3 Å². The molecule has 0 aliphatic heterocycles. The fourth-order valence-corrected chi connectivity index (χ4v) is 1.89. The van der Waals surface area contributed by atoms with Gasteiger partial charge in [0.15, 0.2) is 5.75 Å². The summed E-state index contributed by atoms with van der Waals surface area (Å²) in [5.74, 6) is -26.9. The predicted octanol–water partition coefficient (Wildman–Crippen LogP) is 6.99. The highest BCUT2D eigenvalue weighted by atomic mass is 19.4. The third kappa shape index (κ3) is 5.54. The van der Waals surface area contributed by atoms with Crippen LogP contribution in [0.5, 0.6) is 5.75 Å². The number of carbonyl (C=O) groups is 1. The van der Waals surface area contributed by atoms with Gasteiger partial charge in [0.05, 0.1) is 12.3 Å². The molecule has 0 aromatic heterocycles. The number of unbranched alkanes of at least 4 members (excludes halogenated alkanes) is 1. The van der Waals surface area contributed by atoms with Crippen LogP contribution in [0.25, 0.3) is 0 Å². The van der Waals surface area contributed by atoms with E-state index < -0.39 is 53.3 Å². The number of para-hydroxylation sites is 2. The number of carbonyl (C=O) groups excluding carboxylic acids is 1. The number of nitrogens with one attached hydrogen (secondary N) is 1. The average Bonchev–Trinajstić information content (AvgIpc) is 2.67. The zero-order valence-corrected chi connectivity index (χ0v) is 15.8. The van der Waals surface area contributed by atoms with Gasteiger partial charge in [0.1, 0.15) is 0 Å². The Kier molecular flexibility index (Phi) is 8.37. The molecule has 1 rings (SSSR count). The minimum atomic E-state index is -7.43. The Morgan fingerprint density at radius 1 is 0.938 bits per heavy atom. The predicted molar refractivity (Wildman–Crippen MR) is 87.1 cm³/mol. The van der Waals surface area contributed by atoms with Crippen LogP contribution in [0.1, 0.15) is 19.8 Å². The van der Waals surface area contributed by atoms with E-state index in [2.05, 4.69) is 9.47 Å². The Bertz CT molecular complexity index is 837. The average molecular weight is 489 g/mol. The quantitative estimate of drug-likeness (QED) is 0.231. The monoisotopic (exact) mass is 489 g/mol. The molecule has 0 bridgehead atoms. The number of benzene rings is 1. The maximum atomic E-state index is 13.8. The first-order valence-corrected chi connectivity index (χ1v) is 8.47. The van der Waals surface area contributed by atoms with Crippen molar-refractivity contribution in [2.75, 3.05) is 11.9 Å². The molecule has 0 aliphatic carbocycles. The highest BCUT2D eigenvalue weighted by Gasteiger charge is 2.83. The van der Waals surface area contributed by atoms with Crippen molar-refractivity contribution in [3.05, 3.63) is 36.1 Å². The van der Waals surface area contributed by atoms with E-state index in [0.717, 1.165) is 12.1 Å². The lowest BCUT2D eigenvalue weighted by Crippen LogP contribution is -2.61. The van der Waals surface area contributed by atoms with E-state index in [0.29, 0.717) is 18.9 Å². The summed E-state index contributed by atoms with van der Waals surface area (Å²) in [7, 11) is 0. The Morgan fingerprint density at radius 3 is 2.03 bits per heavy atom. The minimum Gasteiger partial charge on any atom is -0.449 e. The fraction of sp³-hybridized carbons (Fsp3) is 0.471. The van der Waals surface area contributed by atoms with Crippen molar-refractivity contribution in [3.8, 4) is 5.75 Å². The number of alkyl halides is 9. The molecule has 0 saturated carbocycles. The number of halogens is 11. The van der Waals surface area contributed by atoms with Crippen molar-refractivity contribution < 1.29 is 62.6 Å². The summed E-state index contributed by atoms with van der Waals surface area (Å²) < 4.78 is 151. The standard InChI is InChI=1S/C17H14F11NO3/c1-2-3-8-31-13(30)29-9-6-4-5-7-10(9)32-12(19)11(18)14(20,21)15(22,23)16(24,25)17(26,27)28/h4-7H,2-3,8H2,1H3,(H,29,30). The second-order valence-corrected chi connectivity index (χ2v) is 6.02. The van der Waals surface area contributed by atoms with Gasteiger partial charge in [-0.25, -0.2) is 4.79 Å². The Hall–Kier alpha value is -2.74. The number of hydrogen-bond donors (Lipinski definition) is 1. The molecule has 182 valence electrons. The Labute approximate surface area is 173 Å². The summed E-state index contributed by atoms with van der Waals surface area (Å²) in [5, 5.41) is 1.92. The van der Waals surface area contributed by atoms with Crippen molar-refractivity contribution in [1.82, 2.24) is 0 Å². The highest BCUT2D eigenvalue weighted by Crippen LogP contribution is 2.55. The highest BCUT2D eigenvalue weighted by molar-refractivity contribution is 5.86. The molecule has 0 unspecified atom stereocenters. The van der Waals surface area contributed by atoms with Gasteiger partial charge in [-0.3, -0.25) is 5.32 Å². The van der Waals surface area contributed by atoms with E-state index in [9.17, 15) is 53.1 Å². The van der Waals surface area contributed by atoms with Gasteiger partial charge in [-0.1, -0.05) is 25.5 Å². The first-order valence-electron chi connectivity index (χ1n) is 8.47. The first kappa shape index (κ1) is 27.3. The second kappa shape index (κ2) is 9.81. The van der Waals surface area contributed by atoms with Crippen molar-refractivity contribution in [3.63, 3.8) is 0 Å². The summed E-state index contributed by atoms with van der Waals surface area (Å²) >= 11 is 0. The summed E-state index contributed by atoms with van der Waals surface area (Å²) in [6.07, 6.45) is -7.30. The molecule has 0 heterocycles. The lowest BCUT2D eigenvalue weighted by Gasteiger charge is -2.32. The molecule has 1 aromatic rings. The largest absolute Gasteiger partial charge is 0.460 e. The molecule has 1 aromatic carbocycles. The molecule has 4 nitrogen and oxygen atoms in total. The second-order valence-electron chi connectivity index (χ2n) is 6.02. The third-order valence-corrected chi connectivity index (χ3v) is 3.65. The molecule has 0 spiro atoms. The van der Waals surface area contributed by atoms with Crippen molar-refractivity contribution in [2.45, 2.75) is 43.7 Å². The van der Waals surface area contributed by atoms with Crippen LogP contribution in [0, 0.1) is 0 Å². The topological polar surface area (TPSA) is 47.6 Å². The normalized spacial score (nSPS) is 14.0. The first-order chi connectivity index (χ1) is 14.5. The molecule has 0 radical (unpaired) electrons. The summed E-state index contributed by atoms with van der Waals surface area (Å²) in [6, 6.07) is 0.570. The van der Waals surface area contributed by atoms with E-state index in [1.165, 1.54) is 6.07 Å². The number of anilines is 1. The summed E-state index contributed by atoms with van der Waals surface area (Å²) in [6.45, 7) is 1.70. The summed E-state index contributed by atoms with van der Waals surface area (Å²) in [5.41, 5.74) is -0.562. The lowest BCUT2D eigenvalue weighted by molar-refractivity contribution is -0.392. The van der Waals surface area contributed by atoms with Gasteiger partial charge in [-0.15, -0.1) is 0 Å². The summed E-state index contributed by atoms with van der Waals surface area (Å²) in [4.78, 5) is 11.6. The Morgan fingerprint density at radius 2 is 1.50 bits per heavy atom. The van der Waals surface area contributed by atoms with Crippen LogP contribution >= 0.6 is 0 Å². The zero-order chi connectivity index (χ0) is 25.0. The van der Waals surface area contributed by atoms with Crippen LogP contribution < -0.4 is 10.1 Å². The van der Waals surface area contributed by atoms with Gasteiger partial charge in [0.2, 0.25) is 5.83 Å². The zero-order valence-electron chi connectivity index (χ0n) is 15.8. The van der Waals surface area contributed by atoms with Crippen LogP contribution in [0.2, 0.25) is 0 Å². The number of ether oxygens (including phenoxy) is 2. The lowest BCUT2D eigenvalue weighted by atomic mass is 10.0. The van der Waals surface area contributed by atoms with Crippen LogP contribution in [0.3, 0.4) is 0 Å². The smallest absolute Gasteiger partial charge is 0.449 e. The molecular formula is C17H14F11NO3. The van der Waals surface area contributed by atoms with E-state index in [1.54, 1.807) is 6.92 Å². The van der Waals surface area contributed by atoms with Gasteiger partial charge in [-0.05, 0) is 18.6 Å². The maximum absolute atomic E-state index is 13.8. The van der Waals surface area contributed by atoms with Crippen molar-refractivity contribution in [2.24, 2.45) is 0 Å². The molecule has 1 N–H and O–H groups in total. The van der Waals surface area contributed by atoms with Crippen LogP contribution in [0.4, 0.5) is 58.8 Å². The number of amides is 1. The maximum Gasteiger partial charge on any atom is 0.460 e.